The molecule has 0 radical (unpaired) electrons. The highest BCUT2D eigenvalue weighted by molar-refractivity contribution is 5.92. The summed E-state index contributed by atoms with van der Waals surface area (Å²) in [4.78, 5) is 11.6. The number of benzene rings is 1. The molecule has 1 heterocycles. The highest BCUT2D eigenvalue weighted by Crippen LogP contribution is 2.18. The van der Waals surface area contributed by atoms with Crippen LogP contribution in [0.3, 0.4) is 0 Å². The maximum atomic E-state index is 11.6. The van der Waals surface area contributed by atoms with E-state index in [1.165, 1.54) is 0 Å². The van der Waals surface area contributed by atoms with Gasteiger partial charge in [-0.1, -0.05) is 18.2 Å². The molecule has 1 aromatic heterocycles. The molecule has 104 valence electrons. The van der Waals surface area contributed by atoms with E-state index in [1.54, 1.807) is 36.4 Å². The molecule has 0 aliphatic carbocycles. The highest BCUT2D eigenvalue weighted by Gasteiger charge is 2.07. The lowest BCUT2D eigenvalue weighted by molar-refractivity contribution is 0.0952. The van der Waals surface area contributed by atoms with Crippen molar-refractivity contribution in [2.75, 3.05) is 11.9 Å². The van der Waals surface area contributed by atoms with E-state index in [4.69, 9.17) is 5.26 Å². The molecule has 1 aromatic carbocycles. The van der Waals surface area contributed by atoms with Gasteiger partial charge >= 0.3 is 0 Å². The lowest BCUT2D eigenvalue weighted by Crippen LogP contribution is -2.24. The Balaban J connectivity index is 2.11. The monoisotopic (exact) mass is 279 g/mol. The maximum absolute atomic E-state index is 11.6. The van der Waals surface area contributed by atoms with Gasteiger partial charge in [-0.25, -0.2) is 0 Å². The Morgan fingerprint density at radius 1 is 1.29 bits per heavy atom. The molecule has 21 heavy (non-hydrogen) atoms. The van der Waals surface area contributed by atoms with Crippen LogP contribution in [-0.2, 0) is 0 Å². The van der Waals surface area contributed by atoms with Gasteiger partial charge in [0.1, 0.15) is 6.07 Å². The minimum absolute atomic E-state index is 0.218. The van der Waals surface area contributed by atoms with Gasteiger partial charge in [0.25, 0.3) is 5.91 Å². The summed E-state index contributed by atoms with van der Waals surface area (Å²) in [7, 11) is 0. The molecule has 0 saturated heterocycles. The molecule has 0 aliphatic heterocycles. The Bertz CT molecular complexity index is 688. The molecule has 0 fully saturated rings. The number of carbonyl (C=O) groups excluding carboxylic acids is 1. The molecule has 0 bridgehead atoms. The molecule has 2 rings (SSSR count). The summed E-state index contributed by atoms with van der Waals surface area (Å²) in [6.07, 6.45) is 1.58. The van der Waals surface area contributed by atoms with Gasteiger partial charge in [0.05, 0.1) is 11.3 Å². The molecule has 2 aromatic rings. The number of hydrogen-bond acceptors (Lipinski definition) is 5. The van der Waals surface area contributed by atoms with Gasteiger partial charge in [-0.05, 0) is 24.3 Å². The maximum Gasteiger partial charge on any atom is 0.272 e. The van der Waals surface area contributed by atoms with E-state index in [9.17, 15) is 4.79 Å². The summed E-state index contributed by atoms with van der Waals surface area (Å²) in [5.41, 5.74) is 1.36. The molecule has 6 nitrogen and oxygen atoms in total. The number of nitriles is 1. The molecule has 0 saturated carbocycles. The van der Waals surface area contributed by atoms with Crippen LogP contribution in [-0.4, -0.2) is 22.6 Å². The fourth-order valence-corrected chi connectivity index (χ4v) is 1.60. The minimum Gasteiger partial charge on any atom is -0.347 e. The third-order valence-electron chi connectivity index (χ3n) is 2.61. The summed E-state index contributed by atoms with van der Waals surface area (Å²) in [5, 5.41) is 22.4. The number of nitrogens with one attached hydrogen (secondary N) is 2. The Hall–Kier alpha value is -3.20. The largest absolute Gasteiger partial charge is 0.347 e. The van der Waals surface area contributed by atoms with E-state index in [1.807, 2.05) is 6.07 Å². The second kappa shape index (κ2) is 6.82. The van der Waals surface area contributed by atoms with Crippen LogP contribution in [0.1, 0.15) is 16.1 Å². The van der Waals surface area contributed by atoms with Gasteiger partial charge in [-0.2, -0.15) is 5.26 Å². The molecule has 0 aliphatic rings. The van der Waals surface area contributed by atoms with Crippen LogP contribution in [0.5, 0.6) is 0 Å². The summed E-state index contributed by atoms with van der Waals surface area (Å²) < 4.78 is 0. The normalized spacial score (nSPS) is 9.48. The van der Waals surface area contributed by atoms with Crippen molar-refractivity contribution in [2.45, 2.75) is 0 Å². The average Bonchev–Trinajstić information content (AvgIpc) is 2.54. The lowest BCUT2D eigenvalue weighted by Gasteiger charge is -2.07. The molecule has 0 spiro atoms. The van der Waals surface area contributed by atoms with Crippen LogP contribution in [0.2, 0.25) is 0 Å². The van der Waals surface area contributed by atoms with Crippen molar-refractivity contribution in [3.63, 3.8) is 0 Å². The van der Waals surface area contributed by atoms with E-state index < -0.39 is 0 Å². The number of hydrogen-bond donors (Lipinski definition) is 2. The van der Waals surface area contributed by atoms with E-state index in [-0.39, 0.29) is 11.6 Å². The summed E-state index contributed by atoms with van der Waals surface area (Å²) >= 11 is 0. The van der Waals surface area contributed by atoms with Gasteiger partial charge in [-0.3, -0.25) is 4.79 Å². The number of anilines is 2. The van der Waals surface area contributed by atoms with Crippen LogP contribution in [0, 0.1) is 11.3 Å². The van der Waals surface area contributed by atoms with Gasteiger partial charge in [0, 0.05) is 6.54 Å². The van der Waals surface area contributed by atoms with Crippen molar-refractivity contribution in [2.24, 2.45) is 0 Å². The first-order valence-corrected chi connectivity index (χ1v) is 6.23. The van der Waals surface area contributed by atoms with Crippen molar-refractivity contribution in [3.8, 4) is 6.07 Å². The van der Waals surface area contributed by atoms with Crippen LogP contribution in [0.25, 0.3) is 0 Å². The van der Waals surface area contributed by atoms with Crippen molar-refractivity contribution in [3.05, 3.63) is 60.3 Å². The molecular weight excluding hydrogens is 266 g/mol. The standard InChI is InChI=1S/C15H13N5O/c1-2-9-17-15(21)13-7-8-14(20-19-13)18-12-6-4-3-5-11(12)10-16/h2-8H,1,9H2,(H,17,21)(H,18,20). The summed E-state index contributed by atoms with van der Waals surface area (Å²) in [6, 6.07) is 12.3. The Kier molecular flexibility index (Phi) is 4.62. The Labute approximate surface area is 122 Å². The second-order valence-electron chi connectivity index (χ2n) is 4.08. The predicted molar refractivity (Wildman–Crippen MR) is 79.0 cm³/mol. The topological polar surface area (TPSA) is 90.7 Å². The number of rotatable bonds is 5. The Morgan fingerprint density at radius 2 is 2.10 bits per heavy atom. The van der Waals surface area contributed by atoms with E-state index in [0.717, 1.165) is 0 Å². The fraction of sp³-hybridized carbons (Fsp3) is 0.0667. The Morgan fingerprint density at radius 3 is 2.76 bits per heavy atom. The smallest absolute Gasteiger partial charge is 0.272 e. The number of para-hydroxylation sites is 1. The quantitative estimate of drug-likeness (QED) is 0.817. The third kappa shape index (κ3) is 3.64. The highest BCUT2D eigenvalue weighted by atomic mass is 16.1. The van der Waals surface area contributed by atoms with Crippen molar-refractivity contribution >= 4 is 17.4 Å². The molecule has 0 atom stereocenters. The SMILES string of the molecule is C=CCNC(=O)c1ccc(Nc2ccccc2C#N)nn1. The van der Waals surface area contributed by atoms with Gasteiger partial charge in [-0.15, -0.1) is 16.8 Å². The minimum atomic E-state index is -0.314. The van der Waals surface area contributed by atoms with Crippen molar-refractivity contribution in [1.82, 2.24) is 15.5 Å². The van der Waals surface area contributed by atoms with Gasteiger partial charge < -0.3 is 10.6 Å². The zero-order valence-electron chi connectivity index (χ0n) is 11.2. The first kappa shape index (κ1) is 14.2. The molecular formula is C15H13N5O. The number of nitrogens with zero attached hydrogens (tertiary/aromatic N) is 3. The third-order valence-corrected chi connectivity index (χ3v) is 2.61. The zero-order chi connectivity index (χ0) is 15.1. The predicted octanol–water partition coefficient (Wildman–Crippen LogP) is 2.01. The molecule has 6 heteroatoms. The number of aromatic nitrogens is 2. The van der Waals surface area contributed by atoms with E-state index >= 15 is 0 Å². The van der Waals surface area contributed by atoms with E-state index in [0.29, 0.717) is 23.6 Å². The van der Waals surface area contributed by atoms with Gasteiger partial charge in [0.2, 0.25) is 0 Å². The zero-order valence-corrected chi connectivity index (χ0v) is 11.2. The summed E-state index contributed by atoms with van der Waals surface area (Å²) in [5.74, 6) is 0.143. The van der Waals surface area contributed by atoms with Crippen LogP contribution in [0.4, 0.5) is 11.5 Å². The van der Waals surface area contributed by atoms with Crippen LogP contribution < -0.4 is 10.6 Å². The van der Waals surface area contributed by atoms with Crippen LogP contribution in [0.15, 0.2) is 49.1 Å². The summed E-state index contributed by atoms with van der Waals surface area (Å²) in [6.45, 7) is 3.89. The first-order valence-electron chi connectivity index (χ1n) is 6.23. The average molecular weight is 279 g/mol. The lowest BCUT2D eigenvalue weighted by atomic mass is 10.2. The van der Waals surface area contributed by atoms with Crippen LogP contribution >= 0.6 is 0 Å². The molecule has 0 unspecified atom stereocenters. The van der Waals surface area contributed by atoms with Gasteiger partial charge in [0.15, 0.2) is 11.5 Å². The second-order valence-corrected chi connectivity index (χ2v) is 4.08. The van der Waals surface area contributed by atoms with Crippen molar-refractivity contribution < 1.29 is 4.79 Å². The fourth-order valence-electron chi connectivity index (χ4n) is 1.60. The number of carbonyl (C=O) groups is 1. The van der Waals surface area contributed by atoms with Crippen molar-refractivity contribution in [1.29, 1.82) is 5.26 Å². The van der Waals surface area contributed by atoms with E-state index in [2.05, 4.69) is 33.5 Å². The molecule has 1 amide bonds. The first-order chi connectivity index (χ1) is 10.2. The number of amides is 1. The molecule has 2 N–H and O–H groups in total.